The molecule has 0 aromatic heterocycles. The van der Waals surface area contributed by atoms with Crippen LogP contribution in [0.5, 0.6) is 0 Å². The monoisotopic (exact) mass is 375 g/mol. The van der Waals surface area contributed by atoms with Gasteiger partial charge >= 0.3 is 6.09 Å². The van der Waals surface area contributed by atoms with Crippen LogP contribution in [0.15, 0.2) is 0 Å². The van der Waals surface area contributed by atoms with Gasteiger partial charge < -0.3 is 19.4 Å². The van der Waals surface area contributed by atoms with Gasteiger partial charge in [0.05, 0.1) is 18.2 Å². The van der Waals surface area contributed by atoms with E-state index in [-0.39, 0.29) is 24.2 Å². The summed E-state index contributed by atoms with van der Waals surface area (Å²) in [6.45, 7) is 16.7. The number of carbonyl (C=O) groups is 1. The average Bonchev–Trinajstić information content (AvgIpc) is 2.79. The normalized spacial score (nSPS) is 23.7. The van der Waals surface area contributed by atoms with Crippen LogP contribution < -0.4 is 0 Å². The smallest absolute Gasteiger partial charge is 0.410 e. The van der Waals surface area contributed by atoms with Crippen molar-refractivity contribution >= 4 is 14.4 Å². The average molecular weight is 376 g/mol. The standard InChI is InChI=1S/C18H37NO5Si/c1-17(2,3)23-16(22)19-12-13(11-14(19)15(21)9-10-20)24-25(7,8)18(4,5)6/h13-15,20-21H,9-12H2,1-8H3/t13-,14+,15-/m1/s1. The minimum atomic E-state index is -1.97. The number of aliphatic hydroxyl groups excluding tert-OH is 2. The Bertz CT molecular complexity index is 455. The zero-order valence-electron chi connectivity index (χ0n) is 17.1. The largest absolute Gasteiger partial charge is 0.444 e. The van der Waals surface area contributed by atoms with E-state index in [2.05, 4.69) is 33.9 Å². The summed E-state index contributed by atoms with van der Waals surface area (Å²) in [5, 5.41) is 19.6. The number of rotatable bonds is 5. The number of nitrogens with zero attached hydrogens (tertiary/aromatic N) is 1. The van der Waals surface area contributed by atoms with Crippen molar-refractivity contribution in [3.63, 3.8) is 0 Å². The minimum absolute atomic E-state index is 0.0750. The maximum atomic E-state index is 12.6. The summed E-state index contributed by atoms with van der Waals surface area (Å²) in [7, 11) is -1.97. The number of ether oxygens (including phenoxy) is 1. The van der Waals surface area contributed by atoms with E-state index in [4.69, 9.17) is 14.3 Å². The highest BCUT2D eigenvalue weighted by molar-refractivity contribution is 6.74. The summed E-state index contributed by atoms with van der Waals surface area (Å²) in [5.74, 6) is 0. The zero-order valence-corrected chi connectivity index (χ0v) is 18.1. The molecule has 7 heteroatoms. The van der Waals surface area contributed by atoms with Gasteiger partial charge in [0, 0.05) is 13.2 Å². The van der Waals surface area contributed by atoms with E-state index in [1.165, 1.54) is 0 Å². The second-order valence-electron chi connectivity index (χ2n) is 9.52. The summed E-state index contributed by atoms with van der Waals surface area (Å²) in [4.78, 5) is 14.1. The third kappa shape index (κ3) is 6.23. The Morgan fingerprint density at radius 3 is 2.24 bits per heavy atom. The van der Waals surface area contributed by atoms with Crippen molar-refractivity contribution in [2.75, 3.05) is 13.2 Å². The molecule has 0 aromatic carbocycles. The predicted molar refractivity (Wildman–Crippen MR) is 101 cm³/mol. The zero-order chi connectivity index (χ0) is 19.6. The Morgan fingerprint density at radius 2 is 1.80 bits per heavy atom. The van der Waals surface area contributed by atoms with Gasteiger partial charge in [-0.2, -0.15) is 0 Å². The van der Waals surface area contributed by atoms with Crippen LogP contribution in [0.2, 0.25) is 18.1 Å². The van der Waals surface area contributed by atoms with Crippen molar-refractivity contribution in [1.29, 1.82) is 0 Å². The maximum Gasteiger partial charge on any atom is 0.410 e. The molecule has 0 bridgehead atoms. The first-order chi connectivity index (χ1) is 11.2. The van der Waals surface area contributed by atoms with Crippen LogP contribution in [0.4, 0.5) is 4.79 Å². The van der Waals surface area contributed by atoms with Crippen LogP contribution in [0.25, 0.3) is 0 Å². The molecule has 1 heterocycles. The highest BCUT2D eigenvalue weighted by atomic mass is 28.4. The quantitative estimate of drug-likeness (QED) is 0.722. The van der Waals surface area contributed by atoms with Crippen molar-refractivity contribution in [2.24, 2.45) is 0 Å². The van der Waals surface area contributed by atoms with Gasteiger partial charge in [-0.3, -0.25) is 4.90 Å². The van der Waals surface area contributed by atoms with Crippen LogP contribution in [-0.4, -0.2) is 66.5 Å². The third-order valence-corrected chi connectivity index (χ3v) is 9.60. The van der Waals surface area contributed by atoms with Gasteiger partial charge in [0.25, 0.3) is 0 Å². The number of likely N-dealkylation sites (tertiary alicyclic amines) is 1. The lowest BCUT2D eigenvalue weighted by molar-refractivity contribution is 0.000847. The molecule has 1 aliphatic rings. The molecule has 0 radical (unpaired) electrons. The third-order valence-electron chi connectivity index (χ3n) is 5.07. The van der Waals surface area contributed by atoms with Crippen LogP contribution in [0.1, 0.15) is 54.4 Å². The molecule has 3 atom stereocenters. The SMILES string of the molecule is CC(C)(C)OC(=O)N1C[C@H](O[Si](C)(C)C(C)(C)C)C[C@H]1[C@H](O)CCO. The van der Waals surface area contributed by atoms with Gasteiger partial charge in [0.1, 0.15) is 5.60 Å². The molecule has 1 amide bonds. The Balaban J connectivity index is 2.92. The van der Waals surface area contributed by atoms with Crippen molar-refractivity contribution in [1.82, 2.24) is 4.90 Å². The molecule has 1 saturated heterocycles. The lowest BCUT2D eigenvalue weighted by Gasteiger charge is -2.38. The number of hydrogen-bond donors (Lipinski definition) is 2. The van der Waals surface area contributed by atoms with Crippen LogP contribution in [-0.2, 0) is 9.16 Å². The van der Waals surface area contributed by atoms with Crippen molar-refractivity contribution in [2.45, 2.75) is 96.4 Å². The van der Waals surface area contributed by atoms with Gasteiger partial charge in [-0.05, 0) is 51.7 Å². The molecule has 148 valence electrons. The Morgan fingerprint density at radius 1 is 1.24 bits per heavy atom. The molecule has 0 saturated carbocycles. The van der Waals surface area contributed by atoms with Crippen LogP contribution in [0.3, 0.4) is 0 Å². The molecule has 6 nitrogen and oxygen atoms in total. The van der Waals surface area contributed by atoms with Gasteiger partial charge in [-0.25, -0.2) is 4.79 Å². The summed E-state index contributed by atoms with van der Waals surface area (Å²) in [5.41, 5.74) is -0.595. The van der Waals surface area contributed by atoms with Gasteiger partial charge in [-0.15, -0.1) is 0 Å². The van der Waals surface area contributed by atoms with E-state index in [1.807, 2.05) is 20.8 Å². The first-order valence-corrected chi connectivity index (χ1v) is 12.0. The predicted octanol–water partition coefficient (Wildman–Crippen LogP) is 3.13. The fourth-order valence-corrected chi connectivity index (χ4v) is 4.08. The molecule has 2 N–H and O–H groups in total. The second kappa shape index (κ2) is 7.94. The highest BCUT2D eigenvalue weighted by Crippen LogP contribution is 2.39. The van der Waals surface area contributed by atoms with E-state index >= 15 is 0 Å². The first-order valence-electron chi connectivity index (χ1n) is 9.14. The van der Waals surface area contributed by atoms with Crippen LogP contribution in [0, 0.1) is 0 Å². The molecule has 0 spiro atoms. The highest BCUT2D eigenvalue weighted by Gasteiger charge is 2.46. The fourth-order valence-electron chi connectivity index (χ4n) is 2.72. The molecule has 1 rings (SSSR count). The number of aliphatic hydroxyl groups is 2. The van der Waals surface area contributed by atoms with Crippen molar-refractivity contribution in [3.05, 3.63) is 0 Å². The summed E-state index contributed by atoms with van der Waals surface area (Å²) < 4.78 is 11.9. The first kappa shape index (κ1) is 22.4. The molecular formula is C18H37NO5Si. The second-order valence-corrected chi connectivity index (χ2v) is 14.3. The van der Waals surface area contributed by atoms with Crippen molar-refractivity contribution < 1.29 is 24.2 Å². The van der Waals surface area contributed by atoms with Crippen LogP contribution >= 0.6 is 0 Å². The number of hydrogen-bond acceptors (Lipinski definition) is 5. The molecule has 25 heavy (non-hydrogen) atoms. The molecule has 0 unspecified atom stereocenters. The molecule has 0 aromatic rings. The number of amides is 1. The molecule has 1 fully saturated rings. The summed E-state index contributed by atoms with van der Waals surface area (Å²) in [6.07, 6.45) is -0.544. The lowest BCUT2D eigenvalue weighted by atomic mass is 10.1. The van der Waals surface area contributed by atoms with Gasteiger partial charge in [-0.1, -0.05) is 20.8 Å². The Kier molecular flexibility index (Phi) is 7.12. The van der Waals surface area contributed by atoms with Crippen molar-refractivity contribution in [3.8, 4) is 0 Å². The van der Waals surface area contributed by atoms with E-state index < -0.39 is 32.2 Å². The Labute approximate surface area is 153 Å². The summed E-state index contributed by atoms with van der Waals surface area (Å²) in [6, 6.07) is -0.392. The van der Waals surface area contributed by atoms with E-state index in [0.29, 0.717) is 13.0 Å². The molecule has 1 aliphatic heterocycles. The Hall–Kier alpha value is -0.633. The van der Waals surface area contributed by atoms with E-state index in [9.17, 15) is 9.90 Å². The number of carbonyl (C=O) groups excluding carboxylic acids is 1. The fraction of sp³-hybridized carbons (Fsp3) is 0.944. The molecular weight excluding hydrogens is 338 g/mol. The van der Waals surface area contributed by atoms with Gasteiger partial charge in [0.15, 0.2) is 8.32 Å². The topological polar surface area (TPSA) is 79.2 Å². The van der Waals surface area contributed by atoms with E-state index in [0.717, 1.165) is 0 Å². The summed E-state index contributed by atoms with van der Waals surface area (Å²) >= 11 is 0. The minimum Gasteiger partial charge on any atom is -0.444 e. The van der Waals surface area contributed by atoms with Gasteiger partial charge in [0.2, 0.25) is 0 Å². The van der Waals surface area contributed by atoms with E-state index in [1.54, 1.807) is 4.90 Å². The molecule has 0 aliphatic carbocycles. The lowest BCUT2D eigenvalue weighted by Crippen LogP contribution is -2.46. The maximum absolute atomic E-state index is 12.6.